The highest BCUT2D eigenvalue weighted by Crippen LogP contribution is 2.17. The van der Waals surface area contributed by atoms with Gasteiger partial charge in [-0.05, 0) is 82.5 Å². The minimum absolute atomic E-state index is 0.0883. The van der Waals surface area contributed by atoms with Gasteiger partial charge in [0.1, 0.15) is 0 Å². The maximum absolute atomic E-state index is 12.1. The van der Waals surface area contributed by atoms with Gasteiger partial charge in [0.15, 0.2) is 0 Å². The molecule has 4 nitrogen and oxygen atoms in total. The van der Waals surface area contributed by atoms with E-state index in [-0.39, 0.29) is 5.91 Å². The van der Waals surface area contributed by atoms with Gasteiger partial charge in [-0.25, -0.2) is 0 Å². The second kappa shape index (κ2) is 7.57. The summed E-state index contributed by atoms with van der Waals surface area (Å²) in [6.07, 6.45) is 2.36. The van der Waals surface area contributed by atoms with Crippen LogP contribution in [-0.4, -0.2) is 44.0 Å². The summed E-state index contributed by atoms with van der Waals surface area (Å²) in [6, 6.07) is 6.06. The van der Waals surface area contributed by atoms with E-state index in [1.807, 2.05) is 25.2 Å². The minimum Gasteiger partial charge on any atom is -0.325 e. The van der Waals surface area contributed by atoms with Gasteiger partial charge in [-0.15, -0.1) is 0 Å². The topological polar surface area (TPSA) is 44.4 Å². The molecule has 1 aromatic carbocycles. The minimum atomic E-state index is 0.0883. The van der Waals surface area contributed by atoms with Crippen molar-refractivity contribution >= 4 is 11.6 Å². The fourth-order valence-corrected chi connectivity index (χ4v) is 2.86. The lowest BCUT2D eigenvalue weighted by Crippen LogP contribution is -2.40. The molecule has 1 heterocycles. The number of likely N-dealkylation sites (tertiary alicyclic amines) is 1. The fourth-order valence-electron chi connectivity index (χ4n) is 2.86. The second-order valence-electron chi connectivity index (χ2n) is 6.12. The zero-order chi connectivity index (χ0) is 15.2. The number of carbonyl (C=O) groups excluding carboxylic acids is 1. The number of piperidine rings is 1. The summed E-state index contributed by atoms with van der Waals surface area (Å²) in [5.41, 5.74) is 3.36. The highest BCUT2D eigenvalue weighted by molar-refractivity contribution is 5.92. The van der Waals surface area contributed by atoms with Crippen LogP contribution in [0.15, 0.2) is 18.2 Å². The molecule has 0 radical (unpaired) electrons. The average Bonchev–Trinajstić information content (AvgIpc) is 2.45. The van der Waals surface area contributed by atoms with Gasteiger partial charge >= 0.3 is 0 Å². The Hall–Kier alpha value is -1.39. The van der Waals surface area contributed by atoms with E-state index in [4.69, 9.17) is 0 Å². The molecule has 4 heteroatoms. The molecule has 0 unspecified atom stereocenters. The number of carbonyl (C=O) groups is 1. The predicted octanol–water partition coefficient (Wildman–Crippen LogP) is 2.17. The van der Waals surface area contributed by atoms with Crippen LogP contribution in [0.2, 0.25) is 0 Å². The molecule has 2 N–H and O–H groups in total. The van der Waals surface area contributed by atoms with Crippen LogP contribution in [0.5, 0.6) is 0 Å². The molecular formula is C17H27N3O. The molecule has 0 saturated carbocycles. The standard InChI is InChI=1S/C17H27N3O/c1-13-4-5-16(10-14(13)2)19-17(21)12-20-8-6-15(7-9-20)11-18-3/h4-5,10,15,18H,6-9,11-12H2,1-3H3,(H,19,21). The summed E-state index contributed by atoms with van der Waals surface area (Å²) < 4.78 is 0. The van der Waals surface area contributed by atoms with Crippen LogP contribution < -0.4 is 10.6 Å². The zero-order valence-electron chi connectivity index (χ0n) is 13.4. The lowest BCUT2D eigenvalue weighted by Gasteiger charge is -2.31. The number of hydrogen-bond donors (Lipinski definition) is 2. The molecule has 0 aliphatic carbocycles. The predicted molar refractivity (Wildman–Crippen MR) is 87.6 cm³/mol. The van der Waals surface area contributed by atoms with Crippen LogP contribution in [0.25, 0.3) is 0 Å². The number of hydrogen-bond acceptors (Lipinski definition) is 3. The van der Waals surface area contributed by atoms with Gasteiger partial charge in [0, 0.05) is 5.69 Å². The Balaban J connectivity index is 1.78. The molecule has 116 valence electrons. The van der Waals surface area contributed by atoms with Crippen molar-refractivity contribution < 1.29 is 4.79 Å². The number of aryl methyl sites for hydroxylation is 2. The van der Waals surface area contributed by atoms with Crippen molar-refractivity contribution in [3.05, 3.63) is 29.3 Å². The first-order valence-corrected chi connectivity index (χ1v) is 7.82. The zero-order valence-corrected chi connectivity index (χ0v) is 13.4. The van der Waals surface area contributed by atoms with Crippen molar-refractivity contribution in [2.24, 2.45) is 5.92 Å². The Morgan fingerprint density at radius 2 is 1.95 bits per heavy atom. The summed E-state index contributed by atoms with van der Waals surface area (Å²) in [6.45, 7) is 7.77. The van der Waals surface area contributed by atoms with E-state index >= 15 is 0 Å². The lowest BCUT2D eigenvalue weighted by molar-refractivity contribution is -0.117. The Labute approximate surface area is 127 Å². The molecule has 1 aliphatic rings. The molecule has 1 aromatic rings. The molecular weight excluding hydrogens is 262 g/mol. The molecule has 0 spiro atoms. The van der Waals surface area contributed by atoms with E-state index in [9.17, 15) is 4.79 Å². The number of nitrogens with one attached hydrogen (secondary N) is 2. The summed E-state index contributed by atoms with van der Waals surface area (Å²) in [5, 5.41) is 6.24. The summed E-state index contributed by atoms with van der Waals surface area (Å²) >= 11 is 0. The normalized spacial score (nSPS) is 16.9. The summed E-state index contributed by atoms with van der Waals surface area (Å²) in [4.78, 5) is 14.4. The van der Waals surface area contributed by atoms with Gasteiger partial charge in [0.25, 0.3) is 0 Å². The van der Waals surface area contributed by atoms with E-state index in [0.717, 1.165) is 31.2 Å². The third-order valence-corrected chi connectivity index (χ3v) is 4.36. The van der Waals surface area contributed by atoms with Crippen molar-refractivity contribution in [3.63, 3.8) is 0 Å². The van der Waals surface area contributed by atoms with Crippen molar-refractivity contribution in [1.29, 1.82) is 0 Å². The SMILES string of the molecule is CNCC1CCN(CC(=O)Nc2ccc(C)c(C)c2)CC1. The van der Waals surface area contributed by atoms with Crippen LogP contribution in [0.3, 0.4) is 0 Å². The van der Waals surface area contributed by atoms with Gasteiger partial charge in [-0.3, -0.25) is 9.69 Å². The quantitative estimate of drug-likeness (QED) is 0.873. The molecule has 0 aromatic heterocycles. The maximum atomic E-state index is 12.1. The smallest absolute Gasteiger partial charge is 0.238 e. The third-order valence-electron chi connectivity index (χ3n) is 4.36. The monoisotopic (exact) mass is 289 g/mol. The molecule has 1 saturated heterocycles. The fraction of sp³-hybridized carbons (Fsp3) is 0.588. The van der Waals surface area contributed by atoms with Crippen LogP contribution in [0, 0.1) is 19.8 Å². The van der Waals surface area contributed by atoms with Crippen LogP contribution >= 0.6 is 0 Å². The number of amides is 1. The van der Waals surface area contributed by atoms with Crippen molar-refractivity contribution in [1.82, 2.24) is 10.2 Å². The Morgan fingerprint density at radius 3 is 2.57 bits per heavy atom. The lowest BCUT2D eigenvalue weighted by atomic mass is 9.97. The van der Waals surface area contributed by atoms with Crippen LogP contribution in [0.1, 0.15) is 24.0 Å². The first-order valence-electron chi connectivity index (χ1n) is 7.82. The first-order chi connectivity index (χ1) is 10.1. The average molecular weight is 289 g/mol. The number of nitrogens with zero attached hydrogens (tertiary/aromatic N) is 1. The summed E-state index contributed by atoms with van der Waals surface area (Å²) in [5.74, 6) is 0.847. The maximum Gasteiger partial charge on any atom is 0.238 e. The Bertz CT molecular complexity index is 479. The van der Waals surface area contributed by atoms with Gasteiger partial charge in [0.05, 0.1) is 6.54 Å². The van der Waals surface area contributed by atoms with E-state index in [2.05, 4.69) is 29.4 Å². The molecule has 2 rings (SSSR count). The summed E-state index contributed by atoms with van der Waals surface area (Å²) in [7, 11) is 2.00. The molecule has 1 aliphatic heterocycles. The number of rotatable bonds is 5. The molecule has 0 atom stereocenters. The Kier molecular flexibility index (Phi) is 5.76. The second-order valence-corrected chi connectivity index (χ2v) is 6.12. The highest BCUT2D eigenvalue weighted by atomic mass is 16.2. The van der Waals surface area contributed by atoms with E-state index < -0.39 is 0 Å². The van der Waals surface area contributed by atoms with Gasteiger partial charge in [0.2, 0.25) is 5.91 Å². The van der Waals surface area contributed by atoms with Crippen molar-refractivity contribution in [2.45, 2.75) is 26.7 Å². The molecule has 1 fully saturated rings. The van der Waals surface area contributed by atoms with Crippen LogP contribution in [-0.2, 0) is 4.79 Å². The molecule has 21 heavy (non-hydrogen) atoms. The van der Waals surface area contributed by atoms with Crippen molar-refractivity contribution in [3.8, 4) is 0 Å². The van der Waals surface area contributed by atoms with E-state index in [1.165, 1.54) is 24.0 Å². The third kappa shape index (κ3) is 4.83. The van der Waals surface area contributed by atoms with Gasteiger partial charge < -0.3 is 10.6 Å². The van der Waals surface area contributed by atoms with Crippen molar-refractivity contribution in [2.75, 3.05) is 38.5 Å². The van der Waals surface area contributed by atoms with Crippen LogP contribution in [0.4, 0.5) is 5.69 Å². The van der Waals surface area contributed by atoms with E-state index in [0.29, 0.717) is 6.54 Å². The first kappa shape index (κ1) is 16.0. The molecule has 0 bridgehead atoms. The van der Waals surface area contributed by atoms with Gasteiger partial charge in [-0.2, -0.15) is 0 Å². The van der Waals surface area contributed by atoms with E-state index in [1.54, 1.807) is 0 Å². The number of anilines is 1. The van der Waals surface area contributed by atoms with Gasteiger partial charge in [-0.1, -0.05) is 6.07 Å². The Morgan fingerprint density at radius 1 is 1.24 bits per heavy atom. The molecule has 1 amide bonds. The largest absolute Gasteiger partial charge is 0.325 e. The number of benzene rings is 1. The highest BCUT2D eigenvalue weighted by Gasteiger charge is 2.20.